The third-order valence-corrected chi connectivity index (χ3v) is 9.54. The van der Waals surface area contributed by atoms with E-state index >= 15 is 0 Å². The number of sulfonamides is 1. The van der Waals surface area contributed by atoms with Gasteiger partial charge >= 0.3 is 11.9 Å². The number of anilines is 2. The maximum absolute atomic E-state index is 14.2. The van der Waals surface area contributed by atoms with Crippen LogP contribution in [0.2, 0.25) is 10.0 Å². The van der Waals surface area contributed by atoms with Gasteiger partial charge in [0, 0.05) is 36.2 Å². The molecule has 2 aliphatic rings. The summed E-state index contributed by atoms with van der Waals surface area (Å²) in [5, 5.41) is 9.56. The molecule has 2 aliphatic heterocycles. The average molecular weight is 631 g/mol. The highest BCUT2D eigenvalue weighted by Gasteiger charge is 2.53. The largest absolute Gasteiger partial charge is 0.459 e. The molecular weight excluding hydrogens is 607 g/mol. The Balaban J connectivity index is 1.58. The molecule has 3 aromatic rings. The van der Waals surface area contributed by atoms with Crippen molar-refractivity contribution in [2.45, 2.75) is 24.4 Å². The molecule has 3 heterocycles. The Kier molecular flexibility index (Phi) is 7.76. The van der Waals surface area contributed by atoms with Crippen molar-refractivity contribution in [1.29, 1.82) is 5.26 Å². The number of esters is 1. The van der Waals surface area contributed by atoms with Crippen LogP contribution in [0.1, 0.15) is 25.0 Å². The van der Waals surface area contributed by atoms with Gasteiger partial charge in [0.25, 0.3) is 15.9 Å². The van der Waals surface area contributed by atoms with Gasteiger partial charge in [-0.15, -0.1) is 0 Å². The van der Waals surface area contributed by atoms with Crippen molar-refractivity contribution in [2.75, 3.05) is 37.7 Å². The Morgan fingerprint density at radius 3 is 2.26 bits per heavy atom. The lowest BCUT2D eigenvalue weighted by Crippen LogP contribution is -2.52. The topological polar surface area (TPSA) is 146 Å². The van der Waals surface area contributed by atoms with Gasteiger partial charge in [-0.3, -0.25) is 14.2 Å². The quantitative estimate of drug-likeness (QED) is 0.309. The molecule has 15 heteroatoms. The molecule has 1 aromatic heterocycles. The number of carbonyl (C=O) groups excluding carboxylic acids is 3. The second-order valence-corrected chi connectivity index (χ2v) is 12.4. The molecule has 5 rings (SSSR count). The van der Waals surface area contributed by atoms with Gasteiger partial charge in [0.05, 0.1) is 30.1 Å². The molecule has 2 aromatic carbocycles. The summed E-state index contributed by atoms with van der Waals surface area (Å²) in [4.78, 5) is 45.3. The van der Waals surface area contributed by atoms with E-state index in [1.54, 1.807) is 26.0 Å². The number of aromatic nitrogens is 2. The summed E-state index contributed by atoms with van der Waals surface area (Å²) in [5.74, 6) is -2.33. The minimum atomic E-state index is -4.26. The van der Waals surface area contributed by atoms with E-state index in [9.17, 15) is 28.1 Å². The zero-order chi connectivity index (χ0) is 30.4. The van der Waals surface area contributed by atoms with Crippen LogP contribution in [0.3, 0.4) is 0 Å². The number of fused-ring (bicyclic) bond motifs is 1. The molecule has 0 spiro atoms. The Hall–Kier alpha value is -3.96. The molecule has 1 saturated heterocycles. The van der Waals surface area contributed by atoms with Crippen molar-refractivity contribution < 1.29 is 27.5 Å². The van der Waals surface area contributed by atoms with E-state index in [-0.39, 0.29) is 59.5 Å². The highest BCUT2D eigenvalue weighted by Crippen LogP contribution is 2.46. The van der Waals surface area contributed by atoms with Gasteiger partial charge in [-0.2, -0.15) is 9.57 Å². The van der Waals surface area contributed by atoms with E-state index in [0.717, 1.165) is 0 Å². The van der Waals surface area contributed by atoms with E-state index < -0.39 is 33.3 Å². The van der Waals surface area contributed by atoms with Crippen LogP contribution >= 0.6 is 23.2 Å². The number of hydrogen-bond donors (Lipinski definition) is 0. The van der Waals surface area contributed by atoms with Crippen LogP contribution < -0.4 is 4.90 Å². The number of amides is 2. The molecule has 0 bridgehead atoms. The molecule has 0 saturated carbocycles. The maximum atomic E-state index is 14.2. The van der Waals surface area contributed by atoms with Gasteiger partial charge < -0.3 is 9.64 Å². The fourth-order valence-electron chi connectivity index (χ4n) is 5.10. The van der Waals surface area contributed by atoms with Crippen LogP contribution in [0.4, 0.5) is 11.6 Å². The van der Waals surface area contributed by atoms with Crippen LogP contribution in [0.25, 0.3) is 0 Å². The zero-order valence-corrected chi connectivity index (χ0v) is 24.8. The summed E-state index contributed by atoms with van der Waals surface area (Å²) in [5.41, 5.74) is -0.529. The summed E-state index contributed by atoms with van der Waals surface area (Å²) in [6.07, 6.45) is 1.17. The van der Waals surface area contributed by atoms with Crippen molar-refractivity contribution in [3.05, 3.63) is 69.8 Å². The first-order chi connectivity index (χ1) is 19.9. The smallest absolute Gasteiger partial charge is 0.397 e. The number of carbonyl (C=O) groups is 3. The van der Waals surface area contributed by atoms with Crippen molar-refractivity contribution >= 4 is 62.6 Å². The highest BCUT2D eigenvalue weighted by atomic mass is 35.5. The van der Waals surface area contributed by atoms with Crippen molar-refractivity contribution in [1.82, 2.24) is 18.8 Å². The van der Waals surface area contributed by atoms with Crippen molar-refractivity contribution in [3.63, 3.8) is 0 Å². The standard InChI is InChI=1S/C27H24Cl2N6O6S/c1-3-41-24(37)23(36)32-8-10-33(11-9-32)42(39,40)22-16-31-26-34(21-13-19(28)12-20(29)14-21)25(38)27(2,35(22)26)18-6-4-17(15-30)5-7-18/h4-7,12-14,16H,3,8-11H2,1-2H3/t27-/m1/s1. The van der Waals surface area contributed by atoms with Gasteiger partial charge in [-0.25, -0.2) is 23.1 Å². The van der Waals surface area contributed by atoms with Crippen LogP contribution in [-0.2, 0) is 34.7 Å². The minimum absolute atomic E-state index is 0.0277. The van der Waals surface area contributed by atoms with Gasteiger partial charge in [0.15, 0.2) is 10.6 Å². The lowest BCUT2D eigenvalue weighted by Gasteiger charge is -2.34. The van der Waals surface area contributed by atoms with Crippen LogP contribution in [0.5, 0.6) is 0 Å². The van der Waals surface area contributed by atoms with Crippen molar-refractivity contribution in [2.24, 2.45) is 0 Å². The number of rotatable bonds is 5. The molecule has 0 aliphatic carbocycles. The number of nitriles is 1. The Bertz CT molecular complexity index is 1720. The summed E-state index contributed by atoms with van der Waals surface area (Å²) < 4.78 is 35.4. The Morgan fingerprint density at radius 1 is 1.07 bits per heavy atom. The molecule has 0 radical (unpaired) electrons. The first-order valence-electron chi connectivity index (χ1n) is 12.8. The normalized spacial score (nSPS) is 19.0. The summed E-state index contributed by atoms with van der Waals surface area (Å²) in [6, 6.07) is 12.8. The average Bonchev–Trinajstić information content (AvgIpc) is 3.50. The number of piperazine rings is 1. The van der Waals surface area contributed by atoms with Gasteiger partial charge in [-0.05, 0) is 49.7 Å². The first kappa shape index (κ1) is 29.5. The van der Waals surface area contributed by atoms with Gasteiger partial charge in [0.2, 0.25) is 5.95 Å². The predicted octanol–water partition coefficient (Wildman–Crippen LogP) is 2.90. The zero-order valence-electron chi connectivity index (χ0n) is 22.5. The molecule has 1 atom stereocenters. The number of hydrogen-bond acceptors (Lipinski definition) is 8. The van der Waals surface area contributed by atoms with E-state index in [4.69, 9.17) is 27.9 Å². The summed E-state index contributed by atoms with van der Waals surface area (Å²) >= 11 is 12.5. The fraction of sp³-hybridized carbons (Fsp3) is 0.296. The number of nitrogens with zero attached hydrogens (tertiary/aromatic N) is 6. The molecule has 0 unspecified atom stereocenters. The van der Waals surface area contributed by atoms with E-state index in [1.165, 1.54) is 55.2 Å². The van der Waals surface area contributed by atoms with Crippen LogP contribution in [0, 0.1) is 11.3 Å². The van der Waals surface area contributed by atoms with Crippen LogP contribution in [-0.4, -0.2) is 77.7 Å². The Labute approximate surface area is 251 Å². The molecule has 0 N–H and O–H groups in total. The number of benzene rings is 2. The molecule has 218 valence electrons. The lowest BCUT2D eigenvalue weighted by molar-refractivity contribution is -0.160. The second-order valence-electron chi connectivity index (χ2n) is 9.68. The van der Waals surface area contributed by atoms with Crippen LogP contribution in [0.15, 0.2) is 53.7 Å². The Morgan fingerprint density at radius 2 is 1.69 bits per heavy atom. The highest BCUT2D eigenvalue weighted by molar-refractivity contribution is 7.89. The van der Waals surface area contributed by atoms with E-state index in [1.807, 2.05) is 6.07 Å². The number of halogens is 2. The first-order valence-corrected chi connectivity index (χ1v) is 15.0. The molecule has 1 fully saturated rings. The second kappa shape index (κ2) is 11.0. The van der Waals surface area contributed by atoms with Gasteiger partial charge in [0.1, 0.15) is 0 Å². The molecule has 42 heavy (non-hydrogen) atoms. The summed E-state index contributed by atoms with van der Waals surface area (Å²) in [6.45, 7) is 2.95. The third-order valence-electron chi connectivity index (χ3n) is 7.24. The molecular formula is C27H24Cl2N6O6S. The number of ether oxygens (including phenoxy) is 1. The third kappa shape index (κ3) is 4.80. The fourth-order valence-corrected chi connectivity index (χ4v) is 7.20. The van der Waals surface area contributed by atoms with Gasteiger partial charge in [-0.1, -0.05) is 35.3 Å². The monoisotopic (exact) mass is 630 g/mol. The molecule has 2 amide bonds. The maximum Gasteiger partial charge on any atom is 0.397 e. The number of imidazole rings is 1. The minimum Gasteiger partial charge on any atom is -0.459 e. The summed E-state index contributed by atoms with van der Waals surface area (Å²) in [7, 11) is -4.26. The predicted molar refractivity (Wildman–Crippen MR) is 152 cm³/mol. The van der Waals surface area contributed by atoms with Crippen molar-refractivity contribution in [3.8, 4) is 6.07 Å². The van der Waals surface area contributed by atoms with E-state index in [2.05, 4.69) is 4.98 Å². The lowest BCUT2D eigenvalue weighted by atomic mass is 9.90. The SMILES string of the molecule is CCOC(=O)C(=O)N1CCN(S(=O)(=O)c2cnc3n2[C@](C)(c2ccc(C#N)cc2)C(=O)N3c2cc(Cl)cc(Cl)c2)CC1. The van der Waals surface area contributed by atoms with E-state index in [0.29, 0.717) is 11.1 Å². The molecule has 12 nitrogen and oxygen atoms in total.